The molecule has 0 unspecified atom stereocenters. The molecule has 0 spiro atoms. The molecule has 106 valence electrons. The van der Waals surface area contributed by atoms with E-state index in [1.165, 1.54) is 16.9 Å². The van der Waals surface area contributed by atoms with Crippen molar-refractivity contribution >= 4 is 27.4 Å². The minimum atomic E-state index is -5.45. The third-order valence-electron chi connectivity index (χ3n) is 1.89. The van der Waals surface area contributed by atoms with Crippen LogP contribution in [-0.2, 0) is 14.8 Å². The number of hydrogen-bond acceptors (Lipinski definition) is 4. The van der Waals surface area contributed by atoms with Crippen molar-refractivity contribution in [3.05, 3.63) is 24.3 Å². The lowest BCUT2D eigenvalue weighted by Gasteiger charge is -2.11. The predicted octanol–water partition coefficient (Wildman–Crippen LogP) is 1.44. The monoisotopic (exact) mass is 298 g/mol. The van der Waals surface area contributed by atoms with Crippen LogP contribution in [0.3, 0.4) is 0 Å². The lowest BCUT2D eigenvalue weighted by molar-refractivity contribution is -0.134. The van der Waals surface area contributed by atoms with Gasteiger partial charge in [0.25, 0.3) is 0 Å². The molecule has 0 aliphatic carbocycles. The van der Waals surface area contributed by atoms with E-state index in [9.17, 15) is 26.4 Å². The summed E-state index contributed by atoms with van der Waals surface area (Å²) >= 11 is 0. The Morgan fingerprint density at radius 2 is 1.63 bits per heavy atom. The van der Waals surface area contributed by atoms with Crippen LogP contribution in [0.4, 0.5) is 24.5 Å². The van der Waals surface area contributed by atoms with Gasteiger partial charge in [-0.25, -0.2) is 0 Å². The molecule has 19 heavy (non-hydrogen) atoms. The zero-order valence-electron chi connectivity index (χ0n) is 9.23. The van der Waals surface area contributed by atoms with Crippen LogP contribution in [0.15, 0.2) is 24.3 Å². The van der Waals surface area contributed by atoms with Crippen molar-refractivity contribution in [2.45, 2.75) is 5.51 Å². The third kappa shape index (κ3) is 4.32. The first kappa shape index (κ1) is 15.1. The molecule has 0 heterocycles. The van der Waals surface area contributed by atoms with Crippen molar-refractivity contribution in [1.82, 2.24) is 0 Å². The van der Waals surface area contributed by atoms with Gasteiger partial charge in [0.15, 0.2) is 0 Å². The SMILES string of the molecule is O=C(O)CNc1ccc(NS(=O)(=O)C(F)(F)F)cc1. The Hall–Kier alpha value is -1.97. The van der Waals surface area contributed by atoms with Gasteiger partial charge >= 0.3 is 21.5 Å². The van der Waals surface area contributed by atoms with E-state index in [2.05, 4.69) is 5.32 Å². The second-order valence-corrected chi connectivity index (χ2v) is 5.05. The van der Waals surface area contributed by atoms with Gasteiger partial charge in [-0.3, -0.25) is 9.52 Å². The summed E-state index contributed by atoms with van der Waals surface area (Å²) in [6, 6.07) is 4.65. The molecule has 0 saturated heterocycles. The molecule has 0 amide bonds. The Bertz CT molecular complexity index is 554. The fraction of sp³-hybridized carbons (Fsp3) is 0.222. The predicted molar refractivity (Wildman–Crippen MR) is 61.2 cm³/mol. The molecule has 1 rings (SSSR count). The molecule has 0 aliphatic heterocycles. The molecule has 1 aromatic carbocycles. The van der Waals surface area contributed by atoms with Crippen LogP contribution in [0.2, 0.25) is 0 Å². The molecule has 0 saturated carbocycles. The number of carboxylic acid groups (broad SMARTS) is 1. The van der Waals surface area contributed by atoms with E-state index in [0.29, 0.717) is 5.69 Å². The Kier molecular flexibility index (Phi) is 4.24. The van der Waals surface area contributed by atoms with Crippen molar-refractivity contribution in [2.75, 3.05) is 16.6 Å². The van der Waals surface area contributed by atoms with Gasteiger partial charge in [-0.15, -0.1) is 0 Å². The molecule has 6 nitrogen and oxygen atoms in total. The number of carbonyl (C=O) groups is 1. The number of hydrogen-bond donors (Lipinski definition) is 3. The first-order chi connectivity index (χ1) is 8.62. The van der Waals surface area contributed by atoms with Crippen LogP contribution in [-0.4, -0.2) is 31.5 Å². The molecule has 0 radical (unpaired) electrons. The maximum Gasteiger partial charge on any atom is 0.516 e. The standard InChI is InChI=1S/C9H9F3N2O4S/c10-9(11,12)19(17,18)14-7-3-1-6(2-4-7)13-5-8(15)16/h1-4,13-14H,5H2,(H,15,16). The molecule has 1 aromatic rings. The van der Waals surface area contributed by atoms with Crippen molar-refractivity contribution in [1.29, 1.82) is 0 Å². The van der Waals surface area contributed by atoms with Crippen LogP contribution < -0.4 is 10.0 Å². The molecular formula is C9H9F3N2O4S. The molecule has 0 atom stereocenters. The second-order valence-electron chi connectivity index (χ2n) is 3.38. The number of benzene rings is 1. The topological polar surface area (TPSA) is 95.5 Å². The highest BCUT2D eigenvalue weighted by Crippen LogP contribution is 2.25. The fourth-order valence-electron chi connectivity index (χ4n) is 1.05. The Morgan fingerprint density at radius 1 is 1.16 bits per heavy atom. The van der Waals surface area contributed by atoms with Gasteiger partial charge in [-0.2, -0.15) is 21.6 Å². The lowest BCUT2D eigenvalue weighted by Crippen LogP contribution is -2.29. The quantitative estimate of drug-likeness (QED) is 0.764. The van der Waals surface area contributed by atoms with Gasteiger partial charge in [0.2, 0.25) is 0 Å². The van der Waals surface area contributed by atoms with E-state index in [0.717, 1.165) is 12.1 Å². The number of rotatable bonds is 5. The number of aliphatic carboxylic acids is 1. The minimum absolute atomic E-state index is 0.279. The third-order valence-corrected chi connectivity index (χ3v) is 3.00. The van der Waals surface area contributed by atoms with Crippen molar-refractivity contribution in [3.8, 4) is 0 Å². The van der Waals surface area contributed by atoms with E-state index < -0.39 is 21.5 Å². The average molecular weight is 298 g/mol. The highest BCUT2D eigenvalue weighted by Gasteiger charge is 2.45. The molecule has 0 aliphatic rings. The number of nitrogens with one attached hydrogen (secondary N) is 2. The fourth-order valence-corrected chi connectivity index (χ4v) is 1.61. The average Bonchev–Trinajstić information content (AvgIpc) is 2.26. The largest absolute Gasteiger partial charge is 0.516 e. The van der Waals surface area contributed by atoms with Gasteiger partial charge in [0.1, 0.15) is 6.54 Å². The summed E-state index contributed by atoms with van der Waals surface area (Å²) in [5.41, 5.74) is -5.34. The lowest BCUT2D eigenvalue weighted by atomic mass is 10.3. The summed E-state index contributed by atoms with van der Waals surface area (Å²) in [6.45, 7) is -0.367. The highest BCUT2D eigenvalue weighted by molar-refractivity contribution is 7.93. The van der Waals surface area contributed by atoms with Crippen LogP contribution in [0, 0.1) is 0 Å². The molecular weight excluding hydrogens is 289 g/mol. The second kappa shape index (κ2) is 5.34. The van der Waals surface area contributed by atoms with E-state index in [1.807, 2.05) is 0 Å². The normalized spacial score (nSPS) is 11.9. The molecule has 10 heteroatoms. The zero-order chi connectivity index (χ0) is 14.7. The first-order valence-corrected chi connectivity index (χ1v) is 6.25. The van der Waals surface area contributed by atoms with E-state index in [-0.39, 0.29) is 12.2 Å². The number of sulfonamides is 1. The van der Waals surface area contributed by atoms with Gasteiger partial charge in [-0.1, -0.05) is 0 Å². The molecule has 0 aromatic heterocycles. The van der Waals surface area contributed by atoms with Crippen molar-refractivity contribution in [3.63, 3.8) is 0 Å². The Morgan fingerprint density at radius 3 is 2.05 bits per heavy atom. The van der Waals surface area contributed by atoms with Gasteiger partial charge in [0, 0.05) is 11.4 Å². The van der Waals surface area contributed by atoms with Crippen LogP contribution in [0.25, 0.3) is 0 Å². The number of halogens is 3. The Balaban J connectivity index is 2.75. The smallest absolute Gasteiger partial charge is 0.480 e. The summed E-state index contributed by atoms with van der Waals surface area (Å²) in [5.74, 6) is -1.11. The van der Waals surface area contributed by atoms with Gasteiger partial charge in [0.05, 0.1) is 0 Å². The van der Waals surface area contributed by atoms with Crippen LogP contribution in [0.1, 0.15) is 0 Å². The summed E-state index contributed by atoms with van der Waals surface area (Å²) < 4.78 is 59.2. The Labute approximate surface area is 106 Å². The summed E-state index contributed by atoms with van der Waals surface area (Å²) in [7, 11) is -5.45. The van der Waals surface area contributed by atoms with Crippen molar-refractivity contribution < 1.29 is 31.5 Å². The first-order valence-electron chi connectivity index (χ1n) is 4.76. The number of carboxylic acids is 1. The highest BCUT2D eigenvalue weighted by atomic mass is 32.2. The van der Waals surface area contributed by atoms with Gasteiger partial charge in [-0.05, 0) is 24.3 Å². The minimum Gasteiger partial charge on any atom is -0.480 e. The van der Waals surface area contributed by atoms with Gasteiger partial charge < -0.3 is 10.4 Å². The zero-order valence-corrected chi connectivity index (χ0v) is 10.0. The maximum atomic E-state index is 12.1. The molecule has 0 fully saturated rings. The number of alkyl halides is 3. The van der Waals surface area contributed by atoms with Crippen LogP contribution in [0.5, 0.6) is 0 Å². The summed E-state index contributed by atoms with van der Waals surface area (Å²) in [4.78, 5) is 10.3. The van der Waals surface area contributed by atoms with E-state index in [4.69, 9.17) is 5.11 Å². The van der Waals surface area contributed by atoms with Crippen molar-refractivity contribution in [2.24, 2.45) is 0 Å². The number of anilines is 2. The summed E-state index contributed by atoms with van der Waals surface area (Å²) in [5, 5.41) is 10.9. The van der Waals surface area contributed by atoms with Crippen LogP contribution >= 0.6 is 0 Å². The maximum absolute atomic E-state index is 12.1. The summed E-state index contributed by atoms with van der Waals surface area (Å²) in [6.07, 6.45) is 0. The van der Waals surface area contributed by atoms with E-state index >= 15 is 0 Å². The molecule has 0 bridgehead atoms. The molecule has 3 N–H and O–H groups in total. The van der Waals surface area contributed by atoms with E-state index in [1.54, 1.807) is 0 Å².